The van der Waals surface area contributed by atoms with Crippen LogP contribution in [0.25, 0.3) is 16.7 Å². The van der Waals surface area contributed by atoms with Crippen LogP contribution in [0.2, 0.25) is 10.1 Å². The quantitative estimate of drug-likeness (QED) is 0.111. The number of imidazole rings is 1. The van der Waals surface area contributed by atoms with Gasteiger partial charge in [0.15, 0.2) is 17.1 Å². The Hall–Kier alpha value is -5.71. The number of anilines is 2. The Kier molecular flexibility index (Phi) is 9.91. The van der Waals surface area contributed by atoms with E-state index in [4.69, 9.17) is 25.5 Å². The maximum absolute atomic E-state index is 13.4. The number of hydrogen-bond acceptors (Lipinski definition) is 9. The monoisotopic (exact) mass is 788 g/mol. The lowest BCUT2D eigenvalue weighted by atomic mass is 10.2. The molecule has 0 radical (unpaired) electrons. The predicted octanol–water partition coefficient (Wildman–Crippen LogP) is 6.87. The summed E-state index contributed by atoms with van der Waals surface area (Å²) in [7, 11) is 0.0798. The van der Waals surface area contributed by atoms with Gasteiger partial charge in [0, 0.05) is 20.3 Å². The van der Waals surface area contributed by atoms with Crippen molar-refractivity contribution in [1.29, 1.82) is 0 Å². The molecule has 5 aromatic heterocycles. The molecule has 0 amide bonds. The molecule has 0 aliphatic carbocycles. The smallest absolute Gasteiger partial charge is 0.417 e. The van der Waals surface area contributed by atoms with Gasteiger partial charge < -0.3 is 28.4 Å². The molecule has 0 saturated carbocycles. The maximum atomic E-state index is 13.4. The first kappa shape index (κ1) is 37.6. The number of hydrogen-bond donors (Lipinski definition) is 1. The number of alkyl halides is 3. The first-order valence-electron chi connectivity index (χ1n) is 17.1. The predicted molar refractivity (Wildman–Crippen MR) is 206 cm³/mol. The highest BCUT2D eigenvalue weighted by Gasteiger charge is 2.50. The van der Waals surface area contributed by atoms with E-state index in [1.54, 1.807) is 24.0 Å². The molecule has 0 atom stereocenters. The van der Waals surface area contributed by atoms with Gasteiger partial charge in [-0.3, -0.25) is 4.79 Å². The van der Waals surface area contributed by atoms with Gasteiger partial charge >= 0.3 is 6.18 Å². The number of fused-ring (bicyclic) bond motifs is 2. The molecule has 0 aliphatic rings. The second-order valence-electron chi connectivity index (χ2n) is 13.8. The van der Waals surface area contributed by atoms with Gasteiger partial charge in [0.1, 0.15) is 28.4 Å². The number of aryl methyl sites for hydroxylation is 2. The highest BCUT2D eigenvalue weighted by Crippen LogP contribution is 2.38. The minimum atomic E-state index is -4.66. The van der Waals surface area contributed by atoms with Gasteiger partial charge in [-0.05, 0) is 21.5 Å². The summed E-state index contributed by atoms with van der Waals surface area (Å²) >= 11 is 6.77. The largest absolute Gasteiger partial charge is 0.474 e. The Bertz CT molecular complexity index is 2520. The summed E-state index contributed by atoms with van der Waals surface area (Å²) in [5, 5.41) is 9.39. The summed E-state index contributed by atoms with van der Waals surface area (Å²) in [6.45, 7) is 7.23. The van der Waals surface area contributed by atoms with Crippen molar-refractivity contribution in [2.75, 3.05) is 18.5 Å². The fourth-order valence-corrected chi connectivity index (χ4v) is 11.4. The van der Waals surface area contributed by atoms with Gasteiger partial charge in [-0.1, -0.05) is 93.0 Å². The van der Waals surface area contributed by atoms with Crippen LogP contribution < -0.4 is 30.7 Å². The van der Waals surface area contributed by atoms with Crippen LogP contribution in [0.1, 0.15) is 26.3 Å². The van der Waals surface area contributed by atoms with E-state index in [2.05, 4.69) is 70.4 Å². The lowest BCUT2D eigenvalue weighted by molar-refractivity contribution is -0.138. The molecule has 5 heterocycles. The van der Waals surface area contributed by atoms with Crippen molar-refractivity contribution in [1.82, 2.24) is 33.7 Å². The van der Waals surface area contributed by atoms with E-state index >= 15 is 0 Å². The first-order valence-corrected chi connectivity index (χ1v) is 19.4. The van der Waals surface area contributed by atoms with Gasteiger partial charge in [0.25, 0.3) is 13.9 Å². The molecular weight excluding hydrogens is 753 g/mol. The van der Waals surface area contributed by atoms with Crippen molar-refractivity contribution in [3.05, 3.63) is 119 Å². The SMILES string of the molecule is Cn1cc(C(F)(F)F)cc(Nc2nc3ncc(Oc4cnn5cc(OCCO[Si](c6ccccc6)(c6ccccc6)C(C)(C)C)ncc45)c(Cl)c3n2C)c1=O. The summed E-state index contributed by atoms with van der Waals surface area (Å²) in [5.74, 6) is 0.863. The van der Waals surface area contributed by atoms with E-state index in [1.165, 1.54) is 34.4 Å². The minimum Gasteiger partial charge on any atom is -0.474 e. The van der Waals surface area contributed by atoms with Crippen molar-refractivity contribution in [2.24, 2.45) is 14.1 Å². The number of pyridine rings is 2. The van der Waals surface area contributed by atoms with Gasteiger partial charge in [-0.25, -0.2) is 14.5 Å². The number of rotatable bonds is 11. The number of benzene rings is 2. The summed E-state index contributed by atoms with van der Waals surface area (Å²) < 4.78 is 63.3. The Morgan fingerprint density at radius 2 is 1.55 bits per heavy atom. The summed E-state index contributed by atoms with van der Waals surface area (Å²) in [5.41, 5.74) is -0.992. The Balaban J connectivity index is 1.07. The third-order valence-electron chi connectivity index (χ3n) is 9.20. The summed E-state index contributed by atoms with van der Waals surface area (Å²) in [4.78, 5) is 25.8. The Morgan fingerprint density at radius 1 is 0.873 bits per heavy atom. The lowest BCUT2D eigenvalue weighted by Crippen LogP contribution is -2.66. The second-order valence-corrected chi connectivity index (χ2v) is 18.5. The second kappa shape index (κ2) is 14.5. The van der Waals surface area contributed by atoms with Crippen LogP contribution in [-0.4, -0.2) is 55.2 Å². The van der Waals surface area contributed by atoms with Crippen molar-refractivity contribution in [3.63, 3.8) is 0 Å². The van der Waals surface area contributed by atoms with E-state index in [9.17, 15) is 18.0 Å². The van der Waals surface area contributed by atoms with Gasteiger partial charge in [0.05, 0.1) is 37.0 Å². The molecule has 7 rings (SSSR count). The Labute approximate surface area is 319 Å². The van der Waals surface area contributed by atoms with Crippen LogP contribution >= 0.6 is 11.6 Å². The van der Waals surface area contributed by atoms with Crippen LogP contribution in [0.5, 0.6) is 17.4 Å². The van der Waals surface area contributed by atoms with E-state index in [0.29, 0.717) is 29.3 Å². The average Bonchev–Trinajstić information content (AvgIpc) is 3.70. The molecule has 0 fully saturated rings. The molecular formula is C38H36ClF3N8O4Si. The topological polar surface area (TPSA) is 123 Å². The molecule has 55 heavy (non-hydrogen) atoms. The lowest BCUT2D eigenvalue weighted by Gasteiger charge is -2.43. The highest BCUT2D eigenvalue weighted by molar-refractivity contribution is 6.99. The van der Waals surface area contributed by atoms with Crippen molar-refractivity contribution in [2.45, 2.75) is 32.0 Å². The molecule has 7 aromatic rings. The molecule has 0 saturated heterocycles. The number of halogens is 4. The molecule has 1 N–H and O–H groups in total. The normalized spacial score (nSPS) is 12.4. The fraction of sp³-hybridized carbons (Fsp3) is 0.237. The fourth-order valence-electron chi connectivity index (χ4n) is 6.59. The molecule has 0 bridgehead atoms. The van der Waals surface area contributed by atoms with Crippen molar-refractivity contribution < 1.29 is 27.1 Å². The van der Waals surface area contributed by atoms with Gasteiger partial charge in [0.2, 0.25) is 11.8 Å². The van der Waals surface area contributed by atoms with E-state index < -0.39 is 25.6 Å². The summed E-state index contributed by atoms with van der Waals surface area (Å²) in [6.07, 6.45) is 2.11. The van der Waals surface area contributed by atoms with E-state index in [-0.39, 0.29) is 39.7 Å². The average molecular weight is 789 g/mol. The molecule has 0 aliphatic heterocycles. The van der Waals surface area contributed by atoms with Crippen LogP contribution in [0, 0.1) is 0 Å². The first-order chi connectivity index (χ1) is 26.2. The molecule has 0 unspecified atom stereocenters. The molecule has 12 nitrogen and oxygen atoms in total. The minimum absolute atomic E-state index is 0.0441. The van der Waals surface area contributed by atoms with Crippen LogP contribution in [0.3, 0.4) is 0 Å². The third kappa shape index (κ3) is 7.15. The van der Waals surface area contributed by atoms with Crippen LogP contribution in [0.15, 0.2) is 103 Å². The highest BCUT2D eigenvalue weighted by atomic mass is 35.5. The third-order valence-corrected chi connectivity index (χ3v) is 14.6. The van der Waals surface area contributed by atoms with Crippen molar-refractivity contribution >= 4 is 58.6 Å². The van der Waals surface area contributed by atoms with Gasteiger partial charge in [-0.15, -0.1) is 0 Å². The standard InChI is InChI=1S/C38H36ClF3N8O4Si/c1-37(2,3)55(25-12-8-6-9-13-25,26-14-10-7-11-15-26)53-17-16-52-31-23-50-28(19-43-31)29(21-45-50)54-30-20-44-34-33(32(30)39)49(5)36(47-34)46-27-18-24(38(40,41)42)22-48(4)35(27)51/h6-15,18-23H,16-17H2,1-5H3,(H,44,46,47). The number of aromatic nitrogens is 7. The van der Waals surface area contributed by atoms with Crippen LogP contribution in [0.4, 0.5) is 24.8 Å². The van der Waals surface area contributed by atoms with E-state index in [0.717, 1.165) is 16.8 Å². The summed E-state index contributed by atoms with van der Waals surface area (Å²) in [6, 6.07) is 21.5. The number of nitrogens with zero attached hydrogens (tertiary/aromatic N) is 7. The van der Waals surface area contributed by atoms with Crippen LogP contribution in [-0.2, 0) is 24.7 Å². The molecule has 2 aromatic carbocycles. The van der Waals surface area contributed by atoms with Crippen molar-refractivity contribution in [3.8, 4) is 17.4 Å². The zero-order valence-electron chi connectivity index (χ0n) is 30.4. The maximum Gasteiger partial charge on any atom is 0.417 e. The molecule has 284 valence electrons. The zero-order valence-corrected chi connectivity index (χ0v) is 32.2. The zero-order chi connectivity index (χ0) is 39.1. The number of ether oxygens (including phenoxy) is 2. The molecule has 0 spiro atoms. The Morgan fingerprint density at radius 3 is 2.18 bits per heavy atom. The molecule has 17 heteroatoms. The van der Waals surface area contributed by atoms with Gasteiger partial charge in [-0.2, -0.15) is 23.3 Å². The van der Waals surface area contributed by atoms with E-state index in [1.807, 2.05) is 36.4 Å². The number of nitrogens with one attached hydrogen (secondary N) is 1.